The molecule has 1 unspecified atom stereocenters. The van der Waals surface area contributed by atoms with Crippen molar-refractivity contribution in [3.8, 4) is 11.8 Å². The molecule has 0 spiro atoms. The van der Waals surface area contributed by atoms with Gasteiger partial charge in [0.1, 0.15) is 6.61 Å². The zero-order chi connectivity index (χ0) is 15.3. The molecular formula is C15H19NO3S2. The molecule has 0 aromatic heterocycles. The Hall–Kier alpha value is -1.000. The third kappa shape index (κ3) is 4.48. The largest absolute Gasteiger partial charge is 0.384 e. The van der Waals surface area contributed by atoms with Crippen molar-refractivity contribution in [2.45, 2.75) is 29.9 Å². The lowest BCUT2D eigenvalue weighted by molar-refractivity contribution is 0.350. The lowest BCUT2D eigenvalue weighted by Gasteiger charge is -2.12. The number of rotatable bonds is 4. The normalized spacial score (nSPS) is 18.3. The molecule has 2 N–H and O–H groups in total. The second-order valence-electron chi connectivity index (χ2n) is 4.93. The van der Waals surface area contributed by atoms with Crippen LogP contribution in [0.2, 0.25) is 0 Å². The minimum Gasteiger partial charge on any atom is -0.384 e. The van der Waals surface area contributed by atoms with E-state index in [-0.39, 0.29) is 11.5 Å². The Labute approximate surface area is 130 Å². The summed E-state index contributed by atoms with van der Waals surface area (Å²) in [6, 6.07) is 5.05. The summed E-state index contributed by atoms with van der Waals surface area (Å²) in [6.45, 7) is 1.99. The molecule has 1 atom stereocenters. The molecule has 0 bridgehead atoms. The third-order valence-corrected chi connectivity index (χ3v) is 6.28. The average molecular weight is 325 g/mol. The van der Waals surface area contributed by atoms with Crippen LogP contribution in [0.15, 0.2) is 23.1 Å². The summed E-state index contributed by atoms with van der Waals surface area (Å²) in [5.74, 6) is 6.37. The molecule has 0 saturated carbocycles. The van der Waals surface area contributed by atoms with Crippen LogP contribution in [0, 0.1) is 18.8 Å². The molecule has 1 aromatic rings. The highest BCUT2D eigenvalue weighted by molar-refractivity contribution is 8.00. The molecule has 114 valence electrons. The predicted octanol–water partition coefficient (Wildman–Crippen LogP) is 1.51. The molecule has 0 aliphatic carbocycles. The van der Waals surface area contributed by atoms with E-state index in [0.717, 1.165) is 18.6 Å². The van der Waals surface area contributed by atoms with E-state index in [4.69, 9.17) is 5.11 Å². The van der Waals surface area contributed by atoms with E-state index < -0.39 is 10.0 Å². The van der Waals surface area contributed by atoms with E-state index in [9.17, 15) is 8.42 Å². The van der Waals surface area contributed by atoms with E-state index in [0.29, 0.717) is 22.9 Å². The van der Waals surface area contributed by atoms with Gasteiger partial charge < -0.3 is 5.11 Å². The number of benzene rings is 1. The first-order chi connectivity index (χ1) is 10.0. The smallest absolute Gasteiger partial charge is 0.240 e. The lowest BCUT2D eigenvalue weighted by Crippen LogP contribution is -2.30. The van der Waals surface area contributed by atoms with Crippen LogP contribution in [0.5, 0.6) is 0 Å². The van der Waals surface area contributed by atoms with Crippen LogP contribution in [0.25, 0.3) is 0 Å². The lowest BCUT2D eigenvalue weighted by atomic mass is 10.1. The van der Waals surface area contributed by atoms with E-state index in [1.807, 2.05) is 11.8 Å². The highest BCUT2D eigenvalue weighted by atomic mass is 32.2. The van der Waals surface area contributed by atoms with E-state index in [1.54, 1.807) is 25.1 Å². The number of aliphatic hydroxyl groups excluding tert-OH is 1. The molecule has 21 heavy (non-hydrogen) atoms. The first-order valence-corrected chi connectivity index (χ1v) is 9.38. The van der Waals surface area contributed by atoms with Gasteiger partial charge in [-0.15, -0.1) is 0 Å². The van der Waals surface area contributed by atoms with Gasteiger partial charge in [0, 0.05) is 17.4 Å². The maximum atomic E-state index is 12.4. The van der Waals surface area contributed by atoms with Gasteiger partial charge >= 0.3 is 0 Å². The summed E-state index contributed by atoms with van der Waals surface area (Å²) in [7, 11) is -3.52. The van der Waals surface area contributed by atoms with Gasteiger partial charge in [0.2, 0.25) is 10.0 Å². The second-order valence-corrected chi connectivity index (χ2v) is 8.07. The zero-order valence-electron chi connectivity index (χ0n) is 11.9. The Morgan fingerprint density at radius 2 is 2.29 bits per heavy atom. The van der Waals surface area contributed by atoms with Gasteiger partial charge in [-0.2, -0.15) is 11.8 Å². The topological polar surface area (TPSA) is 66.4 Å². The quantitative estimate of drug-likeness (QED) is 0.824. The van der Waals surface area contributed by atoms with Crippen molar-refractivity contribution in [3.05, 3.63) is 29.3 Å². The first-order valence-electron chi connectivity index (χ1n) is 6.84. The fourth-order valence-electron chi connectivity index (χ4n) is 2.19. The molecule has 4 nitrogen and oxygen atoms in total. The number of aliphatic hydroxyl groups is 1. The van der Waals surface area contributed by atoms with Gasteiger partial charge in [0.25, 0.3) is 0 Å². The molecule has 1 aliphatic heterocycles. The first kappa shape index (κ1) is 16.4. The SMILES string of the molecule is Cc1ccc(C#CCO)cc1S(=O)(=O)NCC1CCCS1. The van der Waals surface area contributed by atoms with Crippen LogP contribution in [-0.2, 0) is 10.0 Å². The van der Waals surface area contributed by atoms with Gasteiger partial charge in [-0.25, -0.2) is 13.1 Å². The van der Waals surface area contributed by atoms with Gasteiger partial charge in [-0.1, -0.05) is 17.9 Å². The van der Waals surface area contributed by atoms with Gasteiger partial charge in [0.05, 0.1) is 4.90 Å². The predicted molar refractivity (Wildman–Crippen MR) is 85.8 cm³/mol. The van der Waals surface area contributed by atoms with Crippen LogP contribution in [-0.4, -0.2) is 37.7 Å². The Kier molecular flexibility index (Phi) is 5.71. The fourth-order valence-corrected chi connectivity index (χ4v) is 4.85. The van der Waals surface area contributed by atoms with Crippen molar-refractivity contribution in [2.75, 3.05) is 18.9 Å². The summed E-state index contributed by atoms with van der Waals surface area (Å²) >= 11 is 1.82. The van der Waals surface area contributed by atoms with Crippen LogP contribution < -0.4 is 4.72 Å². The number of aryl methyl sites for hydroxylation is 1. The van der Waals surface area contributed by atoms with Gasteiger partial charge in [-0.05, 0) is 43.2 Å². The number of sulfonamides is 1. The van der Waals surface area contributed by atoms with Crippen molar-refractivity contribution < 1.29 is 13.5 Å². The van der Waals surface area contributed by atoms with Crippen LogP contribution >= 0.6 is 11.8 Å². The molecule has 0 radical (unpaired) electrons. The monoisotopic (exact) mass is 325 g/mol. The summed E-state index contributed by atoms with van der Waals surface area (Å²) < 4.78 is 27.5. The number of nitrogens with one attached hydrogen (secondary N) is 1. The number of thioether (sulfide) groups is 1. The number of hydrogen-bond donors (Lipinski definition) is 2. The Bertz CT molecular complexity index is 653. The second kappa shape index (κ2) is 7.32. The van der Waals surface area contributed by atoms with Crippen LogP contribution in [0.3, 0.4) is 0 Å². The van der Waals surface area contributed by atoms with E-state index in [1.165, 1.54) is 0 Å². The van der Waals surface area contributed by atoms with E-state index in [2.05, 4.69) is 16.6 Å². The minimum absolute atomic E-state index is 0.243. The summed E-state index contributed by atoms with van der Waals surface area (Å²) in [4.78, 5) is 0.259. The highest BCUT2D eigenvalue weighted by Crippen LogP contribution is 2.26. The summed E-state index contributed by atoms with van der Waals surface area (Å²) in [5.41, 5.74) is 1.28. The fraction of sp³-hybridized carbons (Fsp3) is 0.467. The van der Waals surface area contributed by atoms with Crippen LogP contribution in [0.4, 0.5) is 0 Å². The summed E-state index contributed by atoms with van der Waals surface area (Å²) in [5, 5.41) is 9.08. The molecule has 1 saturated heterocycles. The molecule has 1 heterocycles. The Morgan fingerprint density at radius 1 is 1.48 bits per heavy atom. The highest BCUT2D eigenvalue weighted by Gasteiger charge is 2.21. The molecule has 1 aliphatic rings. The third-order valence-electron chi connectivity index (χ3n) is 3.31. The maximum absolute atomic E-state index is 12.4. The Morgan fingerprint density at radius 3 is 2.95 bits per heavy atom. The number of hydrogen-bond acceptors (Lipinski definition) is 4. The molecule has 6 heteroatoms. The zero-order valence-corrected chi connectivity index (χ0v) is 13.6. The van der Waals surface area contributed by atoms with Crippen molar-refractivity contribution in [2.24, 2.45) is 0 Å². The molecular weight excluding hydrogens is 306 g/mol. The average Bonchev–Trinajstić information content (AvgIpc) is 2.97. The van der Waals surface area contributed by atoms with Crippen molar-refractivity contribution in [1.82, 2.24) is 4.72 Å². The summed E-state index contributed by atoms with van der Waals surface area (Å²) in [6.07, 6.45) is 2.22. The van der Waals surface area contributed by atoms with Crippen LogP contribution in [0.1, 0.15) is 24.0 Å². The Balaban J connectivity index is 2.17. The van der Waals surface area contributed by atoms with Gasteiger partial charge in [-0.3, -0.25) is 0 Å². The van der Waals surface area contributed by atoms with Crippen molar-refractivity contribution >= 4 is 21.8 Å². The maximum Gasteiger partial charge on any atom is 0.240 e. The molecule has 1 fully saturated rings. The van der Waals surface area contributed by atoms with E-state index >= 15 is 0 Å². The minimum atomic E-state index is -3.52. The van der Waals surface area contributed by atoms with Crippen molar-refractivity contribution in [3.63, 3.8) is 0 Å². The molecule has 2 rings (SSSR count). The molecule has 0 amide bonds. The van der Waals surface area contributed by atoms with Crippen molar-refractivity contribution in [1.29, 1.82) is 0 Å². The molecule has 1 aromatic carbocycles. The standard InChI is InChI=1S/C15H19NO3S2/c1-12-6-7-13(4-2-8-17)10-15(12)21(18,19)16-11-14-5-3-9-20-14/h6-7,10,14,16-17H,3,5,8-9,11H2,1H3. The van der Waals surface area contributed by atoms with Gasteiger partial charge in [0.15, 0.2) is 0 Å².